The van der Waals surface area contributed by atoms with Crippen LogP contribution >= 0.6 is 7.37 Å². The van der Waals surface area contributed by atoms with Gasteiger partial charge in [-0.1, -0.05) is 0 Å². The Morgan fingerprint density at radius 1 is 1.78 bits per heavy atom. The second-order valence-corrected chi connectivity index (χ2v) is 5.27. The van der Waals surface area contributed by atoms with E-state index in [0.29, 0.717) is 6.61 Å². The summed E-state index contributed by atoms with van der Waals surface area (Å²) >= 11 is 0. The van der Waals surface area contributed by atoms with Crippen LogP contribution < -0.4 is 0 Å². The molecule has 1 aliphatic heterocycles. The molecule has 0 saturated carbocycles. The van der Waals surface area contributed by atoms with Gasteiger partial charge < -0.3 is 9.26 Å². The maximum atomic E-state index is 10.9. The highest BCUT2D eigenvalue weighted by molar-refractivity contribution is 7.57. The van der Waals surface area contributed by atoms with Gasteiger partial charge in [-0.05, 0) is 0 Å². The summed E-state index contributed by atoms with van der Waals surface area (Å²) in [5, 5.41) is 0. The molecule has 0 radical (unpaired) electrons. The fraction of sp³-hybridized carbons (Fsp3) is 1.00. The second kappa shape index (κ2) is 2.41. The lowest BCUT2D eigenvalue weighted by Crippen LogP contribution is -1.97. The normalized spacial score (nSPS) is 26.2. The smallest absolute Gasteiger partial charge is 0.197 e. The average Bonchev–Trinajstić information content (AvgIpc) is 2.38. The number of rotatable bonds is 3. The predicted molar refractivity (Wildman–Crippen MR) is 35.1 cm³/mol. The number of ether oxygens (including phenoxy) is 1. The Kier molecular flexibility index (Phi) is 1.94. The minimum Gasteiger partial charge on any atom is -0.371 e. The Bertz CT molecular complexity index is 135. The summed E-state index contributed by atoms with van der Waals surface area (Å²) in [6.45, 7) is 4.47. The molecule has 1 fully saturated rings. The maximum Gasteiger partial charge on any atom is 0.197 e. The molecule has 1 saturated heterocycles. The van der Waals surface area contributed by atoms with E-state index in [0.717, 1.165) is 6.61 Å². The summed E-state index contributed by atoms with van der Waals surface area (Å²) < 4.78 is 20.7. The first kappa shape index (κ1) is 7.26. The van der Waals surface area contributed by atoms with E-state index in [1.54, 1.807) is 13.3 Å². The van der Waals surface area contributed by atoms with Crippen molar-refractivity contribution in [1.82, 2.24) is 0 Å². The summed E-state index contributed by atoms with van der Waals surface area (Å²) in [7, 11) is -2.26. The molecule has 0 aliphatic carbocycles. The Balaban J connectivity index is 2.10. The van der Waals surface area contributed by atoms with Gasteiger partial charge in [-0.2, -0.15) is 0 Å². The second-order valence-electron chi connectivity index (χ2n) is 2.50. The molecule has 0 spiro atoms. The Labute approximate surface area is 54.8 Å². The summed E-state index contributed by atoms with van der Waals surface area (Å²) in [5.74, 6) is 0. The Morgan fingerprint density at radius 3 is 2.67 bits per heavy atom. The Morgan fingerprint density at radius 2 is 2.33 bits per heavy atom. The fourth-order valence-electron chi connectivity index (χ4n) is 0.427. The zero-order valence-corrected chi connectivity index (χ0v) is 6.56. The molecule has 0 bridgehead atoms. The molecule has 1 heterocycles. The van der Waals surface area contributed by atoms with Gasteiger partial charge in [0.25, 0.3) is 0 Å². The average molecular weight is 150 g/mol. The van der Waals surface area contributed by atoms with Crippen LogP contribution in [0.1, 0.15) is 0 Å². The maximum absolute atomic E-state index is 10.9. The van der Waals surface area contributed by atoms with Crippen LogP contribution in [0.15, 0.2) is 0 Å². The third kappa shape index (κ3) is 3.68. The first-order valence-electron chi connectivity index (χ1n) is 2.89. The monoisotopic (exact) mass is 150 g/mol. The third-order valence-corrected chi connectivity index (χ3v) is 1.74. The first-order chi connectivity index (χ1) is 4.08. The zero-order chi connectivity index (χ0) is 6.91. The Hall–Kier alpha value is 0.150. The van der Waals surface area contributed by atoms with E-state index < -0.39 is 7.37 Å². The minimum atomic E-state index is -2.26. The summed E-state index contributed by atoms with van der Waals surface area (Å²) in [5.41, 5.74) is 0. The number of hydrogen-bond donors (Lipinski definition) is 0. The van der Waals surface area contributed by atoms with Gasteiger partial charge in [-0.15, -0.1) is 0 Å². The van der Waals surface area contributed by atoms with Crippen LogP contribution in [0.4, 0.5) is 0 Å². The van der Waals surface area contributed by atoms with Gasteiger partial charge in [0.1, 0.15) is 6.10 Å². The summed E-state index contributed by atoms with van der Waals surface area (Å²) in [4.78, 5) is 0. The van der Waals surface area contributed by atoms with E-state index in [9.17, 15) is 4.57 Å². The van der Waals surface area contributed by atoms with Gasteiger partial charge in [0, 0.05) is 13.3 Å². The molecule has 0 amide bonds. The van der Waals surface area contributed by atoms with Crippen LogP contribution in [0.5, 0.6) is 0 Å². The molecular formula is C5H11O3P. The van der Waals surface area contributed by atoms with Crippen molar-refractivity contribution in [1.29, 1.82) is 0 Å². The molecule has 1 rings (SSSR count). The van der Waals surface area contributed by atoms with Gasteiger partial charge in [-0.25, -0.2) is 0 Å². The first-order valence-corrected chi connectivity index (χ1v) is 5.41. The molecule has 3 nitrogen and oxygen atoms in total. The molecular weight excluding hydrogens is 139 g/mol. The quantitative estimate of drug-likeness (QED) is 0.444. The van der Waals surface area contributed by atoms with Crippen molar-refractivity contribution in [3.63, 3.8) is 0 Å². The highest BCUT2D eigenvalue weighted by Gasteiger charge is 2.24. The SMILES string of the molecule is CP(C)(=O)OCC1CO1. The molecule has 0 aromatic heterocycles. The lowest BCUT2D eigenvalue weighted by molar-refractivity contribution is 0.267. The predicted octanol–water partition coefficient (Wildman–Crippen LogP) is 0.939. The molecule has 1 unspecified atom stereocenters. The zero-order valence-electron chi connectivity index (χ0n) is 5.66. The van der Waals surface area contributed by atoms with Crippen molar-refractivity contribution < 1.29 is 13.8 Å². The highest BCUT2D eigenvalue weighted by atomic mass is 31.2. The van der Waals surface area contributed by atoms with E-state index >= 15 is 0 Å². The van der Waals surface area contributed by atoms with Gasteiger partial charge in [0.2, 0.25) is 0 Å². The van der Waals surface area contributed by atoms with Crippen molar-refractivity contribution in [2.24, 2.45) is 0 Å². The molecule has 0 aromatic carbocycles. The summed E-state index contributed by atoms with van der Waals surface area (Å²) in [6, 6.07) is 0. The van der Waals surface area contributed by atoms with E-state index in [4.69, 9.17) is 9.26 Å². The highest BCUT2D eigenvalue weighted by Crippen LogP contribution is 2.37. The van der Waals surface area contributed by atoms with E-state index in [-0.39, 0.29) is 6.10 Å². The molecule has 9 heavy (non-hydrogen) atoms. The lowest BCUT2D eigenvalue weighted by atomic mass is 10.5. The van der Waals surface area contributed by atoms with Crippen LogP contribution in [-0.4, -0.2) is 32.6 Å². The lowest BCUT2D eigenvalue weighted by Gasteiger charge is -2.04. The van der Waals surface area contributed by atoms with Gasteiger partial charge in [-0.3, -0.25) is 4.57 Å². The van der Waals surface area contributed by atoms with Crippen molar-refractivity contribution >= 4 is 7.37 Å². The minimum absolute atomic E-state index is 0.221. The molecule has 0 aromatic rings. The van der Waals surface area contributed by atoms with Crippen LogP contribution in [0.25, 0.3) is 0 Å². The number of epoxide rings is 1. The molecule has 0 N–H and O–H groups in total. The van der Waals surface area contributed by atoms with Gasteiger partial charge in [0.05, 0.1) is 13.2 Å². The van der Waals surface area contributed by atoms with E-state index in [1.165, 1.54) is 0 Å². The van der Waals surface area contributed by atoms with E-state index in [2.05, 4.69) is 0 Å². The van der Waals surface area contributed by atoms with Crippen molar-refractivity contribution in [2.45, 2.75) is 6.10 Å². The topological polar surface area (TPSA) is 38.8 Å². The van der Waals surface area contributed by atoms with Crippen molar-refractivity contribution in [3.8, 4) is 0 Å². The van der Waals surface area contributed by atoms with Crippen molar-refractivity contribution in [3.05, 3.63) is 0 Å². The van der Waals surface area contributed by atoms with Crippen LogP contribution in [0, 0.1) is 0 Å². The van der Waals surface area contributed by atoms with Gasteiger partial charge >= 0.3 is 0 Å². The molecule has 1 atom stereocenters. The van der Waals surface area contributed by atoms with E-state index in [1.807, 2.05) is 0 Å². The van der Waals surface area contributed by atoms with Crippen LogP contribution in [0.3, 0.4) is 0 Å². The van der Waals surface area contributed by atoms with Gasteiger partial charge in [0.15, 0.2) is 7.37 Å². The third-order valence-electron chi connectivity index (χ3n) is 0.974. The molecule has 54 valence electrons. The van der Waals surface area contributed by atoms with Crippen LogP contribution in [0.2, 0.25) is 0 Å². The van der Waals surface area contributed by atoms with Crippen LogP contribution in [-0.2, 0) is 13.8 Å². The summed E-state index contributed by atoms with van der Waals surface area (Å²) in [6.07, 6.45) is 0.221. The number of hydrogen-bond acceptors (Lipinski definition) is 3. The van der Waals surface area contributed by atoms with Crippen molar-refractivity contribution in [2.75, 3.05) is 26.5 Å². The standard InChI is InChI=1S/C5H11O3P/c1-9(2,6)8-4-5-3-7-5/h5H,3-4H2,1-2H3. The molecule has 1 aliphatic rings. The largest absolute Gasteiger partial charge is 0.371 e. The molecule has 4 heteroatoms. The fourth-order valence-corrected chi connectivity index (χ4v) is 0.952.